The average molecular weight is 926 g/mol. The predicted molar refractivity (Wildman–Crippen MR) is 284 cm³/mol. The molecule has 0 fully saturated rings. The van der Waals surface area contributed by atoms with E-state index in [1.54, 1.807) is 0 Å². The summed E-state index contributed by atoms with van der Waals surface area (Å²) in [6, 6.07) is 0. The molecular weight excluding hydrogens is 817 g/mol. The van der Waals surface area contributed by atoms with Gasteiger partial charge in [0.2, 0.25) is 0 Å². The standard InChI is InChI=1S/C60H108O6/c1-4-7-10-13-16-19-22-25-28-30-33-35-38-41-44-47-50-53-59(62)65-56-57(55-64-58(61)52-49-46-43-40-37-34-31-27-24-21-18-15-12-9-6-3)66-60(63)54-51-48-45-42-39-36-32-29-26-23-20-17-14-11-8-5-2/h16,18-19,21,24-25,27-28,57H,4-15,17,20,22-23,26,29-56H2,1-3H3/b19-16-,21-18-,27-24-,28-25-. The van der Waals surface area contributed by atoms with Gasteiger partial charge in [0, 0.05) is 19.3 Å². The number of esters is 3. The topological polar surface area (TPSA) is 78.9 Å². The zero-order valence-electron chi connectivity index (χ0n) is 44.0. The Morgan fingerprint density at radius 2 is 0.591 bits per heavy atom. The molecule has 1 atom stereocenters. The van der Waals surface area contributed by atoms with Gasteiger partial charge in [-0.25, -0.2) is 0 Å². The van der Waals surface area contributed by atoms with Gasteiger partial charge in [-0.05, 0) is 77.0 Å². The lowest BCUT2D eigenvalue weighted by molar-refractivity contribution is -0.167. The number of hydrogen-bond donors (Lipinski definition) is 0. The maximum atomic E-state index is 12.8. The summed E-state index contributed by atoms with van der Waals surface area (Å²) >= 11 is 0. The normalized spacial score (nSPS) is 12.3. The number of carbonyl (C=O) groups excluding carboxylic acids is 3. The molecule has 0 aliphatic heterocycles. The lowest BCUT2D eigenvalue weighted by Gasteiger charge is -2.18. The molecule has 0 aromatic carbocycles. The van der Waals surface area contributed by atoms with Crippen molar-refractivity contribution in [2.75, 3.05) is 13.2 Å². The molecule has 6 heteroatoms. The van der Waals surface area contributed by atoms with Crippen LogP contribution in [-0.4, -0.2) is 37.2 Å². The van der Waals surface area contributed by atoms with E-state index < -0.39 is 6.10 Å². The van der Waals surface area contributed by atoms with Gasteiger partial charge in [-0.3, -0.25) is 14.4 Å². The molecule has 0 heterocycles. The zero-order chi connectivity index (χ0) is 47.9. The van der Waals surface area contributed by atoms with Crippen LogP contribution in [0.3, 0.4) is 0 Å². The SMILES string of the molecule is CCCCC/C=C\C=C/CCCCCCCCC(=O)OCC(COC(=O)CCCCCCCCC/C=C\C/C=C\CCCCC)OC(=O)CCCCCCCCCCCCCCCCCC. The number of rotatable bonds is 52. The first-order valence-electron chi connectivity index (χ1n) is 28.7. The molecule has 6 nitrogen and oxygen atoms in total. The van der Waals surface area contributed by atoms with Crippen molar-refractivity contribution < 1.29 is 28.6 Å². The summed E-state index contributed by atoms with van der Waals surface area (Å²) in [6.45, 7) is 6.60. The Balaban J connectivity index is 4.38. The van der Waals surface area contributed by atoms with Crippen LogP contribution >= 0.6 is 0 Å². The predicted octanol–water partition coefficient (Wildman–Crippen LogP) is 19.0. The first kappa shape index (κ1) is 63.4. The third-order valence-corrected chi connectivity index (χ3v) is 12.6. The number of hydrogen-bond acceptors (Lipinski definition) is 6. The molecular formula is C60H108O6. The molecule has 0 radical (unpaired) electrons. The molecule has 0 spiro atoms. The van der Waals surface area contributed by atoms with Gasteiger partial charge in [0.25, 0.3) is 0 Å². The number of carbonyl (C=O) groups is 3. The maximum Gasteiger partial charge on any atom is 0.306 e. The maximum absolute atomic E-state index is 12.8. The molecule has 0 aromatic rings. The van der Waals surface area contributed by atoms with Crippen LogP contribution in [0.1, 0.15) is 297 Å². The quantitative estimate of drug-likeness (QED) is 0.0199. The first-order chi connectivity index (χ1) is 32.5. The minimum Gasteiger partial charge on any atom is -0.462 e. The van der Waals surface area contributed by atoms with E-state index in [4.69, 9.17) is 14.2 Å². The Morgan fingerprint density at radius 3 is 0.955 bits per heavy atom. The van der Waals surface area contributed by atoms with Gasteiger partial charge in [0.1, 0.15) is 13.2 Å². The van der Waals surface area contributed by atoms with Crippen molar-refractivity contribution >= 4 is 17.9 Å². The Hall–Kier alpha value is -2.63. The molecule has 0 amide bonds. The van der Waals surface area contributed by atoms with Crippen LogP contribution < -0.4 is 0 Å². The third-order valence-electron chi connectivity index (χ3n) is 12.6. The van der Waals surface area contributed by atoms with E-state index in [2.05, 4.69) is 69.4 Å². The third kappa shape index (κ3) is 52.3. The van der Waals surface area contributed by atoms with Crippen molar-refractivity contribution in [1.82, 2.24) is 0 Å². The van der Waals surface area contributed by atoms with E-state index in [0.29, 0.717) is 19.3 Å². The second-order valence-corrected chi connectivity index (χ2v) is 19.2. The summed E-state index contributed by atoms with van der Waals surface area (Å²) < 4.78 is 16.9. The Morgan fingerprint density at radius 1 is 0.318 bits per heavy atom. The highest BCUT2D eigenvalue weighted by molar-refractivity contribution is 5.71. The van der Waals surface area contributed by atoms with E-state index in [1.165, 1.54) is 180 Å². The van der Waals surface area contributed by atoms with E-state index in [0.717, 1.165) is 77.0 Å². The minimum atomic E-state index is -0.779. The van der Waals surface area contributed by atoms with Crippen molar-refractivity contribution in [1.29, 1.82) is 0 Å². The van der Waals surface area contributed by atoms with E-state index in [1.807, 2.05) is 0 Å². The highest BCUT2D eigenvalue weighted by atomic mass is 16.6. The van der Waals surface area contributed by atoms with Gasteiger partial charge in [-0.1, -0.05) is 249 Å². The van der Waals surface area contributed by atoms with Crippen LogP contribution in [0.4, 0.5) is 0 Å². The molecule has 66 heavy (non-hydrogen) atoms. The lowest BCUT2D eigenvalue weighted by Crippen LogP contribution is -2.30. The van der Waals surface area contributed by atoms with E-state index in [-0.39, 0.29) is 31.1 Å². The monoisotopic (exact) mass is 925 g/mol. The van der Waals surface area contributed by atoms with Crippen LogP contribution in [0.25, 0.3) is 0 Å². The smallest absolute Gasteiger partial charge is 0.306 e. The number of unbranched alkanes of at least 4 members (excludes halogenated alkanes) is 34. The molecule has 0 aromatic heterocycles. The van der Waals surface area contributed by atoms with Crippen LogP contribution in [0.2, 0.25) is 0 Å². The molecule has 0 N–H and O–H groups in total. The zero-order valence-corrected chi connectivity index (χ0v) is 44.0. The molecule has 0 bridgehead atoms. The van der Waals surface area contributed by atoms with Crippen molar-refractivity contribution in [3.63, 3.8) is 0 Å². The van der Waals surface area contributed by atoms with Gasteiger partial charge in [-0.15, -0.1) is 0 Å². The fourth-order valence-corrected chi connectivity index (χ4v) is 8.23. The van der Waals surface area contributed by atoms with Crippen LogP contribution in [-0.2, 0) is 28.6 Å². The minimum absolute atomic E-state index is 0.0784. The van der Waals surface area contributed by atoms with E-state index >= 15 is 0 Å². The average Bonchev–Trinajstić information content (AvgIpc) is 3.31. The molecule has 0 saturated carbocycles. The molecule has 0 aliphatic carbocycles. The molecule has 384 valence electrons. The number of ether oxygens (including phenoxy) is 3. The van der Waals surface area contributed by atoms with Gasteiger partial charge in [0.15, 0.2) is 6.10 Å². The van der Waals surface area contributed by atoms with E-state index in [9.17, 15) is 14.4 Å². The lowest BCUT2D eigenvalue weighted by atomic mass is 10.0. The van der Waals surface area contributed by atoms with Gasteiger partial charge >= 0.3 is 17.9 Å². The van der Waals surface area contributed by atoms with Crippen molar-refractivity contribution in [2.24, 2.45) is 0 Å². The second-order valence-electron chi connectivity index (χ2n) is 19.2. The fraction of sp³-hybridized carbons (Fsp3) is 0.817. The summed E-state index contributed by atoms with van der Waals surface area (Å²) in [4.78, 5) is 38.1. The largest absolute Gasteiger partial charge is 0.462 e. The fourth-order valence-electron chi connectivity index (χ4n) is 8.23. The van der Waals surface area contributed by atoms with Crippen LogP contribution in [0, 0.1) is 0 Å². The molecule has 1 unspecified atom stereocenters. The summed E-state index contributed by atoms with van der Waals surface area (Å²) in [6.07, 6.45) is 66.6. The van der Waals surface area contributed by atoms with Crippen LogP contribution in [0.5, 0.6) is 0 Å². The number of allylic oxidation sites excluding steroid dienone is 8. The highest BCUT2D eigenvalue weighted by Crippen LogP contribution is 2.16. The summed E-state index contributed by atoms with van der Waals surface area (Å²) in [7, 11) is 0. The summed E-state index contributed by atoms with van der Waals surface area (Å²) in [5, 5.41) is 0. The van der Waals surface area contributed by atoms with Crippen molar-refractivity contribution in [2.45, 2.75) is 303 Å². The van der Waals surface area contributed by atoms with Crippen LogP contribution in [0.15, 0.2) is 48.6 Å². The molecule has 0 rings (SSSR count). The van der Waals surface area contributed by atoms with Crippen molar-refractivity contribution in [3.8, 4) is 0 Å². The van der Waals surface area contributed by atoms with Gasteiger partial charge < -0.3 is 14.2 Å². The molecule has 0 saturated heterocycles. The van der Waals surface area contributed by atoms with Gasteiger partial charge in [-0.2, -0.15) is 0 Å². The first-order valence-corrected chi connectivity index (χ1v) is 28.7. The summed E-state index contributed by atoms with van der Waals surface area (Å²) in [5.41, 5.74) is 0. The van der Waals surface area contributed by atoms with Crippen molar-refractivity contribution in [3.05, 3.63) is 48.6 Å². The van der Waals surface area contributed by atoms with Gasteiger partial charge in [0.05, 0.1) is 0 Å². The Labute approximate surface area is 409 Å². The Kier molecular flexibility index (Phi) is 52.8. The second kappa shape index (κ2) is 55.0. The molecule has 0 aliphatic rings. The highest BCUT2D eigenvalue weighted by Gasteiger charge is 2.19. The summed E-state index contributed by atoms with van der Waals surface area (Å²) in [5.74, 6) is -0.882. The Bertz CT molecular complexity index is 1150.